The molecule has 0 atom stereocenters. The second kappa shape index (κ2) is 3.66. The third-order valence-electron chi connectivity index (χ3n) is 0. The summed E-state index contributed by atoms with van der Waals surface area (Å²) in [6, 6.07) is 0. The molecule has 3 N–H and O–H groups in total. The van der Waals surface area contributed by atoms with E-state index in [1.165, 1.54) is 0 Å². The Morgan fingerprint density at radius 2 is 1.33 bits per heavy atom. The average molecular weight is 237 g/mol. The van der Waals surface area contributed by atoms with Crippen molar-refractivity contribution in [2.75, 3.05) is 0 Å². The predicted molar refractivity (Wildman–Crippen MR) is 22.2 cm³/mol. The molecule has 6 heteroatoms. The summed E-state index contributed by atoms with van der Waals surface area (Å²) in [4.78, 5) is 21.6. The summed E-state index contributed by atoms with van der Waals surface area (Å²) in [5.74, 6) is 0. The maximum Gasteiger partial charge on any atom is 2.00 e. The van der Waals surface area contributed by atoms with E-state index in [-0.39, 0.29) is 51.7 Å². The van der Waals surface area contributed by atoms with E-state index in [2.05, 4.69) is 0 Å². The molecular weight excluding hydrogens is 232 g/mol. The monoisotopic (exact) mass is 238 g/mol. The topological polar surface area (TPSA) is 77.8 Å². The molecule has 0 radical (unpaired) electrons. The Balaban J connectivity index is -0.0000000267. The molecule has 0 saturated carbocycles. The fourth-order valence-corrected chi connectivity index (χ4v) is 0. The third-order valence-corrected chi connectivity index (χ3v) is 0. The zero-order chi connectivity index (χ0) is 4.50. The fraction of sp³-hybridized carbons (Fsp3) is 0. The van der Waals surface area contributed by atoms with Crippen LogP contribution < -0.4 is 0 Å². The molecule has 4 nitrogen and oxygen atoms in total. The van der Waals surface area contributed by atoms with Gasteiger partial charge in [0.05, 0.1) is 0 Å². The minimum atomic E-state index is -4.64. The van der Waals surface area contributed by atoms with Crippen molar-refractivity contribution in [1.29, 1.82) is 0 Å². The Bertz CT molecular complexity index is 60.2. The van der Waals surface area contributed by atoms with Crippen LogP contribution >= 0.6 is 7.82 Å². The first kappa shape index (κ1) is 10.6. The molecule has 0 aromatic carbocycles. The molecule has 36 valence electrons. The van der Waals surface area contributed by atoms with Gasteiger partial charge < -0.3 is 17.5 Å². The van der Waals surface area contributed by atoms with Crippen LogP contribution in [0.5, 0.6) is 0 Å². The fourth-order valence-electron chi connectivity index (χ4n) is 0. The standard InChI is InChI=1S/Ba.H3O4P.2H/c;1-5(2,3)4;;/h;(H3,1,2,3,4);;/q+2;;2*-1. The van der Waals surface area contributed by atoms with Crippen LogP contribution in [0.4, 0.5) is 0 Å². The summed E-state index contributed by atoms with van der Waals surface area (Å²) in [6.07, 6.45) is 0. The van der Waals surface area contributed by atoms with Crippen molar-refractivity contribution in [3.8, 4) is 0 Å². The molecule has 0 bridgehead atoms. The number of phosphoric acid groups is 1. The summed E-state index contributed by atoms with van der Waals surface area (Å²) in [7, 11) is -4.64. The van der Waals surface area contributed by atoms with Gasteiger partial charge in [0.15, 0.2) is 0 Å². The minimum Gasteiger partial charge on any atom is -1.00 e. The number of hydrogen-bond donors (Lipinski definition) is 3. The van der Waals surface area contributed by atoms with Gasteiger partial charge in [-0.15, -0.1) is 0 Å². The maximum atomic E-state index is 8.88. The van der Waals surface area contributed by atoms with Gasteiger partial charge in [-0.3, -0.25) is 0 Å². The van der Waals surface area contributed by atoms with E-state index in [4.69, 9.17) is 19.2 Å². The van der Waals surface area contributed by atoms with Crippen LogP contribution in [0.15, 0.2) is 0 Å². The van der Waals surface area contributed by atoms with Crippen molar-refractivity contribution in [1.82, 2.24) is 0 Å². The summed E-state index contributed by atoms with van der Waals surface area (Å²) in [5, 5.41) is 0. The van der Waals surface area contributed by atoms with Gasteiger partial charge in [-0.2, -0.15) is 0 Å². The van der Waals surface area contributed by atoms with Crippen LogP contribution in [0.2, 0.25) is 0 Å². The Morgan fingerprint density at radius 1 is 1.33 bits per heavy atom. The molecule has 0 aliphatic heterocycles. The molecule has 0 spiro atoms. The van der Waals surface area contributed by atoms with Crippen LogP contribution in [0.3, 0.4) is 0 Å². The molecule has 0 heterocycles. The van der Waals surface area contributed by atoms with Crippen LogP contribution in [0.1, 0.15) is 2.85 Å². The van der Waals surface area contributed by atoms with Crippen LogP contribution in [0.25, 0.3) is 0 Å². The van der Waals surface area contributed by atoms with Crippen LogP contribution in [-0.2, 0) is 4.57 Å². The van der Waals surface area contributed by atoms with Crippen molar-refractivity contribution in [2.24, 2.45) is 0 Å². The van der Waals surface area contributed by atoms with Crippen molar-refractivity contribution < 1.29 is 22.1 Å². The van der Waals surface area contributed by atoms with E-state index < -0.39 is 7.82 Å². The Hall–Kier alpha value is 1.68. The molecule has 0 aromatic heterocycles. The second-order valence-electron chi connectivity index (χ2n) is 0.513. The minimum absolute atomic E-state index is 0. The molecule has 6 heavy (non-hydrogen) atoms. The van der Waals surface area contributed by atoms with Crippen molar-refractivity contribution in [2.45, 2.75) is 0 Å². The van der Waals surface area contributed by atoms with Crippen LogP contribution in [0, 0.1) is 0 Å². The summed E-state index contributed by atoms with van der Waals surface area (Å²) in [5.41, 5.74) is 0. The first-order valence-corrected chi connectivity index (χ1v) is 2.35. The quantitative estimate of drug-likeness (QED) is 0.370. The van der Waals surface area contributed by atoms with Gasteiger partial charge in [0.1, 0.15) is 0 Å². The zero-order valence-corrected chi connectivity index (χ0v) is 8.24. The Labute approximate surface area is 77.9 Å². The number of hydrogen-bond acceptors (Lipinski definition) is 1. The largest absolute Gasteiger partial charge is 2.00 e. The van der Waals surface area contributed by atoms with Gasteiger partial charge in [-0.05, 0) is 0 Å². The molecule has 0 aliphatic rings. The Morgan fingerprint density at radius 3 is 1.33 bits per heavy atom. The van der Waals surface area contributed by atoms with Crippen molar-refractivity contribution in [3.63, 3.8) is 0 Å². The van der Waals surface area contributed by atoms with Crippen molar-refractivity contribution in [3.05, 3.63) is 0 Å². The summed E-state index contributed by atoms with van der Waals surface area (Å²) in [6.45, 7) is 0. The summed E-state index contributed by atoms with van der Waals surface area (Å²) < 4.78 is 8.88. The average Bonchev–Trinajstić information content (AvgIpc) is 0.722. The van der Waals surface area contributed by atoms with E-state index in [0.29, 0.717) is 0 Å². The molecule has 0 aliphatic carbocycles. The Kier molecular flexibility index (Phi) is 6.47. The van der Waals surface area contributed by atoms with E-state index >= 15 is 0 Å². The molecular formula is H5BaO4P. The summed E-state index contributed by atoms with van der Waals surface area (Å²) >= 11 is 0. The zero-order valence-electron chi connectivity index (χ0n) is 4.90. The normalized spacial score (nSPS) is 9.83. The van der Waals surface area contributed by atoms with Crippen LogP contribution in [-0.4, -0.2) is 63.6 Å². The molecule has 0 rings (SSSR count). The van der Waals surface area contributed by atoms with Gasteiger partial charge in [-0.1, -0.05) is 0 Å². The second-order valence-corrected chi connectivity index (χ2v) is 1.54. The van der Waals surface area contributed by atoms with Gasteiger partial charge in [0.25, 0.3) is 0 Å². The van der Waals surface area contributed by atoms with E-state index in [1.54, 1.807) is 0 Å². The molecule has 0 amide bonds. The number of rotatable bonds is 0. The smallest absolute Gasteiger partial charge is 1.00 e. The first-order valence-electron chi connectivity index (χ1n) is 0.783. The molecule has 0 saturated heterocycles. The van der Waals surface area contributed by atoms with Gasteiger partial charge in [-0.25, -0.2) is 4.57 Å². The molecule has 0 aromatic rings. The van der Waals surface area contributed by atoms with Crippen molar-refractivity contribution >= 4 is 56.7 Å². The van der Waals surface area contributed by atoms with Gasteiger partial charge >= 0.3 is 56.7 Å². The van der Waals surface area contributed by atoms with E-state index in [9.17, 15) is 0 Å². The first-order chi connectivity index (χ1) is 2.00. The predicted octanol–water partition coefficient (Wildman–Crippen LogP) is -1.08. The maximum absolute atomic E-state index is 8.88. The molecule has 0 unspecified atom stereocenters. The third kappa shape index (κ3) is 44.0. The van der Waals surface area contributed by atoms with Gasteiger partial charge in [0, 0.05) is 0 Å². The van der Waals surface area contributed by atoms with Gasteiger partial charge in [0.2, 0.25) is 0 Å². The SMILES string of the molecule is O=P(O)(O)O.[Ba+2].[H-].[H-]. The van der Waals surface area contributed by atoms with E-state index in [1.807, 2.05) is 0 Å². The van der Waals surface area contributed by atoms with E-state index in [0.717, 1.165) is 0 Å². The molecule has 0 fully saturated rings.